The van der Waals surface area contributed by atoms with Gasteiger partial charge in [-0.15, -0.1) is 0 Å². The van der Waals surface area contributed by atoms with Gasteiger partial charge in [-0.1, -0.05) is 6.08 Å². The van der Waals surface area contributed by atoms with Crippen LogP contribution in [-0.4, -0.2) is 44.6 Å². The molecule has 5 nitrogen and oxygen atoms in total. The molecule has 0 spiro atoms. The van der Waals surface area contributed by atoms with Crippen molar-refractivity contribution in [3.8, 4) is 11.5 Å². The Balaban J connectivity index is 2.45. The van der Waals surface area contributed by atoms with E-state index in [4.69, 9.17) is 18.8 Å². The van der Waals surface area contributed by atoms with Crippen molar-refractivity contribution in [2.24, 2.45) is 0 Å². The summed E-state index contributed by atoms with van der Waals surface area (Å²) in [5.74, 6) is 1.51. The number of aldehydes is 1. The zero-order valence-corrected chi connectivity index (χ0v) is 16.5. The molecule has 0 unspecified atom stereocenters. The average molecular weight is 364 g/mol. The zero-order valence-electron chi connectivity index (χ0n) is 15.6. The zero-order chi connectivity index (χ0) is 18.8. The van der Waals surface area contributed by atoms with Crippen LogP contribution >= 0.6 is 12.6 Å². The van der Waals surface area contributed by atoms with E-state index in [0.717, 1.165) is 17.3 Å². The molecule has 0 amide bonds. The van der Waals surface area contributed by atoms with Crippen LogP contribution in [0.25, 0.3) is 6.08 Å². The van der Waals surface area contributed by atoms with Gasteiger partial charge >= 0.3 is 7.12 Å². The number of thiol groups is 1. The fraction of sp³-hybridized carbons (Fsp3) is 0.500. The second-order valence-corrected chi connectivity index (χ2v) is 7.24. The first-order valence-corrected chi connectivity index (χ1v) is 8.70. The first-order chi connectivity index (χ1) is 11.7. The lowest BCUT2D eigenvalue weighted by atomic mass is 9.78. The summed E-state index contributed by atoms with van der Waals surface area (Å²) in [6, 6.07) is 3.41. The van der Waals surface area contributed by atoms with E-state index in [1.807, 2.05) is 33.8 Å². The first-order valence-electron chi connectivity index (χ1n) is 8.07. The van der Waals surface area contributed by atoms with Crippen LogP contribution in [0.2, 0.25) is 0 Å². The van der Waals surface area contributed by atoms with Crippen molar-refractivity contribution < 1.29 is 23.6 Å². The van der Waals surface area contributed by atoms with Gasteiger partial charge in [-0.25, -0.2) is 0 Å². The molecular weight excluding hydrogens is 339 g/mol. The normalized spacial score (nSPS) is 19.0. The summed E-state index contributed by atoms with van der Waals surface area (Å²) in [5.41, 5.74) is 1.20. The van der Waals surface area contributed by atoms with Gasteiger partial charge in [0.1, 0.15) is 11.5 Å². The summed E-state index contributed by atoms with van der Waals surface area (Å²) in [7, 11) is 2.59. The van der Waals surface area contributed by atoms with Crippen molar-refractivity contribution in [3.05, 3.63) is 28.7 Å². The van der Waals surface area contributed by atoms with E-state index in [1.165, 1.54) is 7.11 Å². The molecule has 0 bridgehead atoms. The van der Waals surface area contributed by atoms with Crippen LogP contribution in [0.5, 0.6) is 11.5 Å². The lowest BCUT2D eigenvalue weighted by molar-refractivity contribution is 0.00578. The van der Waals surface area contributed by atoms with Crippen LogP contribution in [0, 0.1) is 0 Å². The summed E-state index contributed by atoms with van der Waals surface area (Å²) in [6.45, 7) is 8.02. The molecule has 7 heteroatoms. The van der Waals surface area contributed by atoms with E-state index >= 15 is 0 Å². The Morgan fingerprint density at radius 2 is 1.56 bits per heavy atom. The third kappa shape index (κ3) is 3.88. The van der Waals surface area contributed by atoms with Gasteiger partial charge < -0.3 is 18.8 Å². The standard InChI is InChI=1S/C18H25BO5S/c1-17(2)18(3,4)24-19(23-17)14(11-25)7-12-8-16(22-6)13(10-20)9-15(12)21-5/h7-10,25H,11H2,1-6H3. The highest BCUT2D eigenvalue weighted by atomic mass is 32.1. The van der Waals surface area contributed by atoms with Gasteiger partial charge in [-0.05, 0) is 45.3 Å². The molecule has 1 aliphatic heterocycles. The van der Waals surface area contributed by atoms with Crippen molar-refractivity contribution in [1.29, 1.82) is 0 Å². The molecule has 0 radical (unpaired) electrons. The molecule has 25 heavy (non-hydrogen) atoms. The number of methoxy groups -OCH3 is 2. The van der Waals surface area contributed by atoms with Gasteiger partial charge in [-0.2, -0.15) is 12.6 Å². The minimum atomic E-state index is -0.496. The van der Waals surface area contributed by atoms with Crippen molar-refractivity contribution >= 4 is 32.1 Å². The molecule has 1 aromatic rings. The minimum absolute atomic E-state index is 0.428. The van der Waals surface area contributed by atoms with E-state index in [-0.39, 0.29) is 0 Å². The molecule has 1 saturated heterocycles. The summed E-state index contributed by atoms with van der Waals surface area (Å²) in [5, 5.41) is 0. The van der Waals surface area contributed by atoms with Crippen molar-refractivity contribution in [3.63, 3.8) is 0 Å². The average Bonchev–Trinajstić information content (AvgIpc) is 2.79. The van der Waals surface area contributed by atoms with E-state index < -0.39 is 18.3 Å². The fourth-order valence-electron chi connectivity index (χ4n) is 2.53. The van der Waals surface area contributed by atoms with Crippen molar-refractivity contribution in [2.75, 3.05) is 20.0 Å². The Kier molecular flexibility index (Phi) is 5.91. The largest absolute Gasteiger partial charge is 0.496 e. The van der Waals surface area contributed by atoms with Crippen LogP contribution in [0.4, 0.5) is 0 Å². The number of ether oxygens (including phenoxy) is 2. The summed E-state index contributed by atoms with van der Waals surface area (Å²) < 4.78 is 22.9. The molecule has 1 fully saturated rings. The van der Waals surface area contributed by atoms with Crippen LogP contribution in [0.1, 0.15) is 43.6 Å². The minimum Gasteiger partial charge on any atom is -0.496 e. The van der Waals surface area contributed by atoms with Crippen LogP contribution in [-0.2, 0) is 9.31 Å². The van der Waals surface area contributed by atoms with Crippen molar-refractivity contribution in [1.82, 2.24) is 0 Å². The smallest absolute Gasteiger partial charge is 0.491 e. The van der Waals surface area contributed by atoms with E-state index in [2.05, 4.69) is 12.6 Å². The van der Waals surface area contributed by atoms with Gasteiger partial charge in [0.25, 0.3) is 0 Å². The van der Waals surface area contributed by atoms with Crippen molar-refractivity contribution in [2.45, 2.75) is 38.9 Å². The second kappa shape index (κ2) is 7.44. The monoisotopic (exact) mass is 364 g/mol. The van der Waals surface area contributed by atoms with Gasteiger partial charge in [0, 0.05) is 11.3 Å². The summed E-state index contributed by atoms with van der Waals surface area (Å²) >= 11 is 4.43. The number of hydrogen-bond acceptors (Lipinski definition) is 6. The Hall–Kier alpha value is -1.44. The Bertz CT molecular complexity index is 668. The predicted octanol–water partition coefficient (Wildman–Crippen LogP) is 3.46. The maximum Gasteiger partial charge on any atom is 0.491 e. The predicted molar refractivity (Wildman–Crippen MR) is 103 cm³/mol. The SMILES string of the molecule is COc1cc(C=C(CS)B2OC(C)(C)C(C)(C)O2)c(OC)cc1C=O. The lowest BCUT2D eigenvalue weighted by Gasteiger charge is -2.32. The van der Waals surface area contributed by atoms with Gasteiger partial charge in [0.15, 0.2) is 6.29 Å². The maximum atomic E-state index is 11.2. The number of hydrogen-bond donors (Lipinski definition) is 1. The number of rotatable bonds is 6. The van der Waals surface area contributed by atoms with Crippen LogP contribution in [0.15, 0.2) is 17.6 Å². The number of carbonyl (C=O) groups is 1. The third-order valence-corrected chi connectivity index (χ3v) is 5.15. The highest BCUT2D eigenvalue weighted by molar-refractivity contribution is 7.80. The highest BCUT2D eigenvalue weighted by Gasteiger charge is 2.52. The molecule has 0 aliphatic carbocycles. The molecule has 0 saturated carbocycles. The number of carbonyl (C=O) groups excluding carboxylic acids is 1. The van der Waals surface area contributed by atoms with E-state index in [0.29, 0.717) is 22.8 Å². The van der Waals surface area contributed by atoms with Gasteiger partial charge in [-0.3, -0.25) is 4.79 Å². The van der Waals surface area contributed by atoms with Crippen LogP contribution < -0.4 is 9.47 Å². The quantitative estimate of drug-likeness (QED) is 0.476. The lowest BCUT2D eigenvalue weighted by Crippen LogP contribution is -2.41. The highest BCUT2D eigenvalue weighted by Crippen LogP contribution is 2.39. The molecule has 136 valence electrons. The fourth-order valence-corrected chi connectivity index (χ4v) is 2.77. The summed E-state index contributed by atoms with van der Waals surface area (Å²) in [4.78, 5) is 11.2. The second-order valence-electron chi connectivity index (χ2n) is 6.92. The first kappa shape index (κ1) is 19.9. The van der Waals surface area contributed by atoms with Gasteiger partial charge in [0.2, 0.25) is 0 Å². The molecule has 0 N–H and O–H groups in total. The molecule has 1 aliphatic rings. The maximum absolute atomic E-state index is 11.2. The molecule has 0 aromatic heterocycles. The molecule has 0 atom stereocenters. The molecular formula is C18H25BO5S. The molecule has 2 rings (SSSR count). The van der Waals surface area contributed by atoms with Crippen LogP contribution in [0.3, 0.4) is 0 Å². The Morgan fingerprint density at radius 1 is 1.08 bits per heavy atom. The summed E-state index contributed by atoms with van der Waals surface area (Å²) in [6.07, 6.45) is 2.65. The number of benzene rings is 1. The Morgan fingerprint density at radius 3 is 2.00 bits per heavy atom. The van der Waals surface area contributed by atoms with Gasteiger partial charge in [0.05, 0.1) is 31.0 Å². The van der Waals surface area contributed by atoms with E-state index in [9.17, 15) is 4.79 Å². The third-order valence-electron chi connectivity index (χ3n) is 4.79. The Labute approximate surface area is 155 Å². The molecule has 1 heterocycles. The molecule has 1 aromatic carbocycles. The van der Waals surface area contributed by atoms with E-state index in [1.54, 1.807) is 19.2 Å². The topological polar surface area (TPSA) is 54.0 Å².